The Labute approximate surface area is 351 Å². The van der Waals surface area contributed by atoms with E-state index in [9.17, 15) is 0 Å². The maximum Gasteiger partial charge on any atom is 2.00 e. The Balaban J connectivity index is 0.000000824. The molecule has 3 rings (SSSR count). The topological polar surface area (TPSA) is 63.2 Å². The number of hydrogen-bond acceptors (Lipinski definition) is 3. The fraction of sp³-hybridized carbons (Fsp3) is 0.818. The molecule has 0 saturated heterocycles. The van der Waals surface area contributed by atoms with Crippen LogP contribution in [0.3, 0.4) is 0 Å². The first-order chi connectivity index (χ1) is 22.5. The van der Waals surface area contributed by atoms with E-state index >= 15 is 0 Å². The number of imidazole rings is 2. The van der Waals surface area contributed by atoms with Gasteiger partial charge in [-0.15, -0.1) is 0 Å². The van der Waals surface area contributed by atoms with E-state index in [1.807, 2.05) is 6.08 Å². The molecule has 0 spiro atoms. The summed E-state index contributed by atoms with van der Waals surface area (Å²) in [5, 5.41) is 0. The van der Waals surface area contributed by atoms with E-state index in [2.05, 4.69) is 125 Å². The van der Waals surface area contributed by atoms with Crippen LogP contribution in [0, 0.1) is 0 Å². The van der Waals surface area contributed by atoms with Gasteiger partial charge in [0.15, 0.2) is 0 Å². The maximum atomic E-state index is 5.08. The van der Waals surface area contributed by atoms with Gasteiger partial charge in [-0.2, -0.15) is 0 Å². The minimum Gasteiger partial charge on any atom is -0.501 e. The summed E-state index contributed by atoms with van der Waals surface area (Å²) in [5.41, 5.74) is 5.47. The molecule has 0 amide bonds. The first-order valence-electron chi connectivity index (χ1n) is 19.9. The quantitative estimate of drug-likeness (QED) is 0.158. The van der Waals surface area contributed by atoms with Crippen LogP contribution in [0.15, 0.2) is 12.3 Å². The standard InChI is InChI=1S/2C20H37N2.C4H6O.Ba/c2*1-10-13-19(6,7)15-16(20(8,9)14-11-2)22-17(21-15)18(4,5)12-3;1-2-4-5-3-1;/h2*10-14H2,1-9H3;1,3H,2,4H2;/q2*-1;;+2. The molecule has 284 valence electrons. The molecule has 2 aromatic heterocycles. The van der Waals surface area contributed by atoms with Gasteiger partial charge < -0.3 is 24.7 Å². The number of ether oxygens (including phenoxy) is 1. The summed E-state index contributed by atoms with van der Waals surface area (Å²) >= 11 is 0. The van der Waals surface area contributed by atoms with E-state index in [4.69, 9.17) is 24.7 Å². The zero-order valence-electron chi connectivity index (χ0n) is 36.5. The summed E-state index contributed by atoms with van der Waals surface area (Å²) in [6.45, 7) is 42.0. The van der Waals surface area contributed by atoms with Crippen molar-refractivity contribution in [2.24, 2.45) is 0 Å². The minimum absolute atomic E-state index is 0. The third kappa shape index (κ3) is 13.7. The summed E-state index contributed by atoms with van der Waals surface area (Å²) in [4.78, 5) is 20.3. The van der Waals surface area contributed by atoms with Crippen molar-refractivity contribution in [3.63, 3.8) is 0 Å². The number of aromatic nitrogens is 4. The molecule has 1 aliphatic heterocycles. The predicted octanol–water partition coefficient (Wildman–Crippen LogP) is 12.3. The van der Waals surface area contributed by atoms with Crippen molar-refractivity contribution in [3.05, 3.63) is 46.8 Å². The summed E-state index contributed by atoms with van der Waals surface area (Å²) < 4.78 is 4.76. The van der Waals surface area contributed by atoms with E-state index in [-0.39, 0.29) is 81.4 Å². The van der Waals surface area contributed by atoms with Crippen LogP contribution in [0.5, 0.6) is 0 Å². The van der Waals surface area contributed by atoms with Gasteiger partial charge in [-0.05, 0) is 77.1 Å². The zero-order valence-corrected chi connectivity index (χ0v) is 41.0. The van der Waals surface area contributed by atoms with Crippen LogP contribution in [0.4, 0.5) is 0 Å². The van der Waals surface area contributed by atoms with E-state index in [0.717, 1.165) is 63.2 Å². The van der Waals surface area contributed by atoms with Crippen LogP contribution < -0.4 is 9.97 Å². The molecule has 0 radical (unpaired) electrons. The van der Waals surface area contributed by atoms with E-state index < -0.39 is 0 Å². The first-order valence-corrected chi connectivity index (χ1v) is 19.9. The van der Waals surface area contributed by atoms with Gasteiger partial charge in [0.2, 0.25) is 0 Å². The van der Waals surface area contributed by atoms with Crippen molar-refractivity contribution >= 4 is 48.9 Å². The van der Waals surface area contributed by atoms with Crippen molar-refractivity contribution in [3.8, 4) is 0 Å². The number of rotatable bonds is 16. The van der Waals surface area contributed by atoms with Crippen molar-refractivity contribution < 1.29 is 4.74 Å². The van der Waals surface area contributed by atoms with Crippen LogP contribution in [0.25, 0.3) is 0 Å². The molecule has 0 atom stereocenters. The monoisotopic (exact) mass is 819 g/mol. The van der Waals surface area contributed by atoms with E-state index in [1.54, 1.807) is 6.26 Å². The Morgan fingerprint density at radius 1 is 0.520 bits per heavy atom. The summed E-state index contributed by atoms with van der Waals surface area (Å²) in [6, 6.07) is 0. The third-order valence-corrected chi connectivity index (χ3v) is 11.0. The molecular formula is C44H80BaN4O. The van der Waals surface area contributed by atoms with Crippen molar-refractivity contribution in [2.45, 2.75) is 228 Å². The Bertz CT molecular complexity index is 1110. The first kappa shape index (κ1) is 49.5. The second kappa shape index (κ2) is 20.8. The SMILES string of the molecule is C1=COCC1.CCCC(C)(C)c1nc(C(C)(C)CC)[n-]c1C(C)(C)CCC.CCCC(C)(C)c1nc(C(C)(C)CC)[n-]c1C(C)(C)CCC.[Ba+2]. The Morgan fingerprint density at radius 3 is 1.06 bits per heavy atom. The second-order valence-corrected chi connectivity index (χ2v) is 18.5. The van der Waals surface area contributed by atoms with Crippen LogP contribution >= 0.6 is 0 Å². The summed E-state index contributed by atoms with van der Waals surface area (Å²) in [6.07, 6.45) is 16.3. The molecule has 0 unspecified atom stereocenters. The molecule has 6 heteroatoms. The molecule has 0 aliphatic carbocycles. The molecule has 0 N–H and O–H groups in total. The van der Waals surface area contributed by atoms with Crippen molar-refractivity contribution in [2.75, 3.05) is 6.61 Å². The normalized spacial score (nSPS) is 14.0. The van der Waals surface area contributed by atoms with E-state index in [1.165, 1.54) is 48.5 Å². The van der Waals surface area contributed by atoms with Crippen molar-refractivity contribution in [1.29, 1.82) is 0 Å². The maximum absolute atomic E-state index is 5.08. The summed E-state index contributed by atoms with van der Waals surface area (Å²) in [5.74, 6) is 2.07. The number of hydrogen-bond donors (Lipinski definition) is 0. The van der Waals surface area contributed by atoms with Gasteiger partial charge in [-0.1, -0.05) is 185 Å². The van der Waals surface area contributed by atoms with Gasteiger partial charge in [0.1, 0.15) is 0 Å². The molecule has 0 bridgehead atoms. The molecular weight excluding hydrogens is 738 g/mol. The Kier molecular flexibility index (Phi) is 20.6. The van der Waals surface area contributed by atoms with Crippen LogP contribution in [-0.2, 0) is 37.2 Å². The fourth-order valence-corrected chi connectivity index (χ4v) is 6.81. The van der Waals surface area contributed by atoms with Gasteiger partial charge >= 0.3 is 48.9 Å². The molecule has 2 aromatic rings. The fourth-order valence-electron chi connectivity index (χ4n) is 6.81. The van der Waals surface area contributed by atoms with E-state index in [0.29, 0.717) is 0 Å². The van der Waals surface area contributed by atoms with Gasteiger partial charge in [0, 0.05) is 6.42 Å². The third-order valence-electron chi connectivity index (χ3n) is 11.0. The molecule has 50 heavy (non-hydrogen) atoms. The van der Waals surface area contributed by atoms with Crippen LogP contribution in [0.1, 0.15) is 230 Å². The van der Waals surface area contributed by atoms with Crippen LogP contribution in [-0.4, -0.2) is 65.5 Å². The van der Waals surface area contributed by atoms with Gasteiger partial charge in [0.05, 0.1) is 12.9 Å². The Morgan fingerprint density at radius 2 is 0.840 bits per heavy atom. The average Bonchev–Trinajstić information content (AvgIpc) is 3.80. The van der Waals surface area contributed by atoms with Crippen LogP contribution in [0.2, 0.25) is 0 Å². The van der Waals surface area contributed by atoms with Gasteiger partial charge in [-0.3, -0.25) is 0 Å². The molecule has 0 aromatic carbocycles. The number of nitrogens with zero attached hydrogens (tertiary/aromatic N) is 4. The summed E-state index contributed by atoms with van der Waals surface area (Å²) in [7, 11) is 0. The zero-order chi connectivity index (χ0) is 37.9. The average molecular weight is 818 g/mol. The largest absolute Gasteiger partial charge is 2.00 e. The second-order valence-electron chi connectivity index (χ2n) is 18.5. The molecule has 5 nitrogen and oxygen atoms in total. The van der Waals surface area contributed by atoms with Crippen molar-refractivity contribution in [1.82, 2.24) is 19.9 Å². The smallest absolute Gasteiger partial charge is 0.501 e. The molecule has 1 aliphatic rings. The molecule has 3 heterocycles. The predicted molar refractivity (Wildman–Crippen MR) is 219 cm³/mol. The minimum atomic E-state index is 0. The van der Waals surface area contributed by atoms with Gasteiger partial charge in [0.25, 0.3) is 0 Å². The Hall–Kier alpha value is -0.469. The molecule has 0 saturated carbocycles. The molecule has 0 fully saturated rings. The van der Waals surface area contributed by atoms with Gasteiger partial charge in [-0.25, -0.2) is 0 Å².